The summed E-state index contributed by atoms with van der Waals surface area (Å²) < 4.78 is 15.6. The first-order chi connectivity index (χ1) is 13.1. The monoisotopic (exact) mass is 379 g/mol. The minimum absolute atomic E-state index is 0.122. The maximum Gasteiger partial charge on any atom is 0.237 e. The van der Waals surface area contributed by atoms with Crippen molar-refractivity contribution in [3.05, 3.63) is 23.8 Å². The van der Waals surface area contributed by atoms with Crippen LogP contribution in [0.3, 0.4) is 0 Å². The Kier molecular flexibility index (Phi) is 8.35. The van der Waals surface area contributed by atoms with Gasteiger partial charge in [0.1, 0.15) is 11.5 Å². The van der Waals surface area contributed by atoms with E-state index in [4.69, 9.17) is 14.2 Å². The van der Waals surface area contributed by atoms with Gasteiger partial charge in [-0.05, 0) is 12.5 Å². The van der Waals surface area contributed by atoms with Crippen LogP contribution in [-0.2, 0) is 20.9 Å². The number of rotatable bonds is 10. The van der Waals surface area contributed by atoms with E-state index >= 15 is 0 Å². The lowest BCUT2D eigenvalue weighted by Gasteiger charge is -2.35. The Balaban J connectivity index is 2.03. The molecule has 0 aromatic heterocycles. The van der Waals surface area contributed by atoms with Crippen molar-refractivity contribution in [1.82, 2.24) is 15.5 Å². The van der Waals surface area contributed by atoms with Crippen molar-refractivity contribution in [2.75, 3.05) is 47.6 Å². The first kappa shape index (κ1) is 21.0. The lowest BCUT2D eigenvalue weighted by molar-refractivity contribution is -0.134. The van der Waals surface area contributed by atoms with Gasteiger partial charge in [-0.15, -0.1) is 0 Å². The molecule has 27 heavy (non-hydrogen) atoms. The van der Waals surface area contributed by atoms with Crippen LogP contribution in [0.1, 0.15) is 18.4 Å². The summed E-state index contributed by atoms with van der Waals surface area (Å²) in [5.74, 6) is 1.14. The van der Waals surface area contributed by atoms with Crippen molar-refractivity contribution in [3.8, 4) is 11.5 Å². The molecule has 1 aromatic carbocycles. The zero-order valence-corrected chi connectivity index (χ0v) is 16.2. The summed E-state index contributed by atoms with van der Waals surface area (Å²) in [6.45, 7) is 2.87. The second-order valence-electron chi connectivity index (χ2n) is 6.36. The molecule has 1 fully saturated rings. The van der Waals surface area contributed by atoms with E-state index in [1.54, 1.807) is 21.3 Å². The minimum atomic E-state index is -0.506. The number of nitrogens with zero attached hydrogens (tertiary/aromatic N) is 1. The van der Waals surface area contributed by atoms with Crippen LogP contribution in [0.5, 0.6) is 11.5 Å². The van der Waals surface area contributed by atoms with Crippen molar-refractivity contribution in [1.29, 1.82) is 0 Å². The molecule has 1 unspecified atom stereocenters. The van der Waals surface area contributed by atoms with Crippen molar-refractivity contribution < 1.29 is 23.8 Å². The molecule has 1 atom stereocenters. The van der Waals surface area contributed by atoms with Gasteiger partial charge in [0.15, 0.2) is 0 Å². The summed E-state index contributed by atoms with van der Waals surface area (Å²) in [7, 11) is 4.83. The molecule has 1 saturated heterocycles. The number of methoxy groups -OCH3 is 3. The van der Waals surface area contributed by atoms with Crippen LogP contribution in [0.2, 0.25) is 0 Å². The molecule has 0 aliphatic carbocycles. The first-order valence-electron chi connectivity index (χ1n) is 9.07. The number of nitrogens with one attached hydrogen (secondary N) is 2. The summed E-state index contributed by atoms with van der Waals surface area (Å²) in [5.41, 5.74) is 0.943. The number of piperazine rings is 1. The fourth-order valence-corrected chi connectivity index (χ4v) is 3.07. The maximum absolute atomic E-state index is 12.4. The molecule has 150 valence electrons. The van der Waals surface area contributed by atoms with Gasteiger partial charge in [-0.3, -0.25) is 14.5 Å². The first-order valence-corrected chi connectivity index (χ1v) is 9.07. The van der Waals surface area contributed by atoms with Gasteiger partial charge < -0.3 is 24.8 Å². The van der Waals surface area contributed by atoms with Crippen LogP contribution in [0.25, 0.3) is 0 Å². The largest absolute Gasteiger partial charge is 0.497 e. The summed E-state index contributed by atoms with van der Waals surface area (Å²) in [6, 6.07) is 5.09. The van der Waals surface area contributed by atoms with Gasteiger partial charge in [0.05, 0.1) is 26.7 Å². The molecular weight excluding hydrogens is 350 g/mol. The van der Waals surface area contributed by atoms with Crippen LogP contribution in [0, 0.1) is 0 Å². The highest BCUT2D eigenvalue weighted by molar-refractivity contribution is 5.88. The Labute approximate surface area is 160 Å². The highest BCUT2D eigenvalue weighted by Gasteiger charge is 2.32. The topological polar surface area (TPSA) is 89.1 Å². The van der Waals surface area contributed by atoms with Gasteiger partial charge in [-0.2, -0.15) is 0 Å². The molecule has 8 nitrogen and oxygen atoms in total. The average molecular weight is 379 g/mol. The zero-order valence-electron chi connectivity index (χ0n) is 16.2. The van der Waals surface area contributed by atoms with E-state index in [-0.39, 0.29) is 18.2 Å². The Hall–Kier alpha value is -2.32. The summed E-state index contributed by atoms with van der Waals surface area (Å²) in [5, 5.41) is 5.69. The fourth-order valence-electron chi connectivity index (χ4n) is 3.07. The summed E-state index contributed by atoms with van der Waals surface area (Å²) >= 11 is 0. The van der Waals surface area contributed by atoms with E-state index < -0.39 is 6.04 Å². The van der Waals surface area contributed by atoms with E-state index in [1.165, 1.54) is 0 Å². The molecule has 0 radical (unpaired) electrons. The Morgan fingerprint density at radius 1 is 1.30 bits per heavy atom. The molecule has 1 aromatic rings. The Bertz CT molecular complexity index is 638. The van der Waals surface area contributed by atoms with Gasteiger partial charge in [0.2, 0.25) is 11.8 Å². The van der Waals surface area contributed by atoms with E-state index in [0.29, 0.717) is 44.3 Å². The number of ether oxygens (including phenoxy) is 3. The predicted octanol–water partition coefficient (Wildman–Crippen LogP) is 0.547. The van der Waals surface area contributed by atoms with Crippen molar-refractivity contribution >= 4 is 11.8 Å². The maximum atomic E-state index is 12.4. The molecule has 1 aliphatic rings. The quantitative estimate of drug-likeness (QED) is 0.577. The van der Waals surface area contributed by atoms with E-state index in [1.807, 2.05) is 23.1 Å². The molecule has 1 heterocycles. The Morgan fingerprint density at radius 3 is 2.81 bits per heavy atom. The smallest absolute Gasteiger partial charge is 0.237 e. The molecule has 2 N–H and O–H groups in total. The molecule has 8 heteroatoms. The normalized spacial score (nSPS) is 17.3. The number of carbonyl (C=O) groups is 2. The minimum Gasteiger partial charge on any atom is -0.497 e. The predicted molar refractivity (Wildman–Crippen MR) is 101 cm³/mol. The van der Waals surface area contributed by atoms with Gasteiger partial charge in [-0.1, -0.05) is 6.07 Å². The van der Waals surface area contributed by atoms with E-state index in [0.717, 1.165) is 12.0 Å². The highest BCUT2D eigenvalue weighted by atomic mass is 16.5. The molecule has 2 amide bonds. The highest BCUT2D eigenvalue weighted by Crippen LogP contribution is 2.27. The Morgan fingerprint density at radius 2 is 2.11 bits per heavy atom. The van der Waals surface area contributed by atoms with Crippen LogP contribution in [0.4, 0.5) is 0 Å². The number of carbonyl (C=O) groups excluding carboxylic acids is 2. The third-order valence-electron chi connectivity index (χ3n) is 4.54. The molecular formula is C19H29N3O5. The average Bonchev–Trinajstić information content (AvgIpc) is 2.68. The van der Waals surface area contributed by atoms with Crippen molar-refractivity contribution in [2.45, 2.75) is 25.4 Å². The number of hydrogen-bond acceptors (Lipinski definition) is 6. The summed E-state index contributed by atoms with van der Waals surface area (Å²) in [4.78, 5) is 26.6. The SMILES string of the molecule is COCCCNC(=O)CC1C(=O)NCCN1Cc1ccc(OC)cc1OC. The lowest BCUT2D eigenvalue weighted by atomic mass is 10.1. The third kappa shape index (κ3) is 6.11. The van der Waals surface area contributed by atoms with Gasteiger partial charge >= 0.3 is 0 Å². The number of benzene rings is 1. The van der Waals surface area contributed by atoms with Gasteiger partial charge in [0, 0.05) is 51.5 Å². The number of amides is 2. The second kappa shape index (κ2) is 10.7. The van der Waals surface area contributed by atoms with Crippen LogP contribution < -0.4 is 20.1 Å². The third-order valence-corrected chi connectivity index (χ3v) is 4.54. The lowest BCUT2D eigenvalue weighted by Crippen LogP contribution is -2.56. The van der Waals surface area contributed by atoms with Gasteiger partial charge in [0.25, 0.3) is 0 Å². The van der Waals surface area contributed by atoms with Crippen LogP contribution in [0.15, 0.2) is 18.2 Å². The molecule has 2 rings (SSSR count). The zero-order chi connectivity index (χ0) is 19.6. The summed E-state index contributed by atoms with van der Waals surface area (Å²) in [6.07, 6.45) is 0.864. The molecule has 1 aliphatic heterocycles. The van der Waals surface area contributed by atoms with E-state index in [2.05, 4.69) is 10.6 Å². The molecule has 0 spiro atoms. The standard InChI is InChI=1S/C19H29N3O5/c1-25-10-4-7-20-18(23)12-16-19(24)21-8-9-22(16)13-14-5-6-15(26-2)11-17(14)27-3/h5-6,11,16H,4,7-10,12-13H2,1-3H3,(H,20,23)(H,21,24). The number of hydrogen-bond donors (Lipinski definition) is 2. The van der Waals surface area contributed by atoms with Crippen LogP contribution >= 0.6 is 0 Å². The van der Waals surface area contributed by atoms with Crippen molar-refractivity contribution in [3.63, 3.8) is 0 Å². The van der Waals surface area contributed by atoms with Crippen LogP contribution in [-0.4, -0.2) is 70.3 Å². The van der Waals surface area contributed by atoms with Crippen molar-refractivity contribution in [2.24, 2.45) is 0 Å². The fraction of sp³-hybridized carbons (Fsp3) is 0.579. The molecule has 0 bridgehead atoms. The van der Waals surface area contributed by atoms with E-state index in [9.17, 15) is 9.59 Å². The van der Waals surface area contributed by atoms with Gasteiger partial charge in [-0.25, -0.2) is 0 Å². The second-order valence-corrected chi connectivity index (χ2v) is 6.36. The molecule has 0 saturated carbocycles.